The number of Topliss-reactive ketones (excluding diaryl/α,β-unsaturated/α-hetero) is 1. The molecule has 0 bridgehead atoms. The minimum absolute atomic E-state index is 0.0141. The Morgan fingerprint density at radius 2 is 1.64 bits per heavy atom. The second-order valence-electron chi connectivity index (χ2n) is 7.55. The highest BCUT2D eigenvalue weighted by molar-refractivity contribution is 7.87. The Morgan fingerprint density at radius 1 is 0.909 bits per heavy atom. The fourth-order valence-electron chi connectivity index (χ4n) is 3.44. The van der Waals surface area contributed by atoms with Gasteiger partial charge in [-0.15, -0.1) is 0 Å². The van der Waals surface area contributed by atoms with Crippen molar-refractivity contribution in [1.82, 2.24) is 4.98 Å². The summed E-state index contributed by atoms with van der Waals surface area (Å²) in [5.74, 6) is -1.43. The van der Waals surface area contributed by atoms with Crippen molar-refractivity contribution >= 4 is 32.8 Å². The lowest BCUT2D eigenvalue weighted by Gasteiger charge is -2.13. The molecule has 1 heterocycles. The van der Waals surface area contributed by atoms with Gasteiger partial charge in [0.2, 0.25) is 5.78 Å². The summed E-state index contributed by atoms with van der Waals surface area (Å²) in [4.78, 5) is 28.3. The summed E-state index contributed by atoms with van der Waals surface area (Å²) in [6.07, 6.45) is 1.56. The van der Waals surface area contributed by atoms with Crippen LogP contribution in [-0.2, 0) is 14.9 Å². The average molecular weight is 464 g/mol. The largest absolute Gasteiger partial charge is 0.454 e. The lowest BCUT2D eigenvalue weighted by Crippen LogP contribution is -2.17. The number of para-hydroxylation sites is 2. The quantitative estimate of drug-likeness (QED) is 0.244. The molecule has 0 saturated heterocycles. The Hall–Kier alpha value is -3.91. The molecule has 168 valence electrons. The number of fused-ring (bicyclic) bond motifs is 1. The molecule has 1 aromatic heterocycles. The maximum atomic E-state index is 12.9. The molecular weight excluding hydrogens is 442 g/mol. The van der Waals surface area contributed by atoms with Gasteiger partial charge in [0, 0.05) is 22.7 Å². The molecule has 0 saturated carbocycles. The standard InChI is InChI=1S/C25H21NO6S/c1-16-11-12-17(2)24(13-16)33(29,30)32-23-10-6-4-8-19(23)25(28)31-15-22(27)20-14-26-21-9-5-3-7-18(20)21/h3-14,26H,15H2,1-2H3. The lowest BCUT2D eigenvalue weighted by molar-refractivity contribution is 0.0473. The Morgan fingerprint density at radius 3 is 2.45 bits per heavy atom. The number of carbonyl (C=O) groups excluding carboxylic acids is 2. The Labute approximate surface area is 191 Å². The molecule has 4 aromatic rings. The molecule has 33 heavy (non-hydrogen) atoms. The van der Waals surface area contributed by atoms with Crippen molar-refractivity contribution in [3.63, 3.8) is 0 Å². The fraction of sp³-hybridized carbons (Fsp3) is 0.120. The van der Waals surface area contributed by atoms with Gasteiger partial charge in [0.1, 0.15) is 10.5 Å². The number of nitrogens with one attached hydrogen (secondary N) is 1. The lowest BCUT2D eigenvalue weighted by atomic mass is 10.1. The maximum absolute atomic E-state index is 12.9. The van der Waals surface area contributed by atoms with Crippen molar-refractivity contribution < 1.29 is 26.9 Å². The zero-order valence-corrected chi connectivity index (χ0v) is 18.8. The minimum atomic E-state index is -4.19. The van der Waals surface area contributed by atoms with Crippen LogP contribution in [0.4, 0.5) is 0 Å². The first-order valence-electron chi connectivity index (χ1n) is 10.1. The first-order chi connectivity index (χ1) is 15.8. The smallest absolute Gasteiger partial charge is 0.342 e. The molecule has 8 heteroatoms. The predicted octanol–water partition coefficient (Wildman–Crippen LogP) is 4.59. The van der Waals surface area contributed by atoms with Gasteiger partial charge in [-0.2, -0.15) is 8.42 Å². The molecule has 0 aliphatic carbocycles. The molecule has 0 fully saturated rings. The van der Waals surface area contributed by atoms with Crippen LogP contribution in [0.1, 0.15) is 31.8 Å². The Balaban J connectivity index is 1.53. The van der Waals surface area contributed by atoms with Crippen LogP contribution >= 0.6 is 0 Å². The fourth-order valence-corrected chi connectivity index (χ4v) is 4.70. The van der Waals surface area contributed by atoms with Crippen molar-refractivity contribution in [2.45, 2.75) is 18.7 Å². The molecule has 0 spiro atoms. The van der Waals surface area contributed by atoms with Crippen LogP contribution in [0.2, 0.25) is 0 Å². The highest BCUT2D eigenvalue weighted by atomic mass is 32.2. The number of benzene rings is 3. The number of H-pyrrole nitrogens is 1. The average Bonchev–Trinajstić information content (AvgIpc) is 3.23. The number of rotatable bonds is 7. The van der Waals surface area contributed by atoms with E-state index in [0.717, 1.165) is 16.5 Å². The summed E-state index contributed by atoms with van der Waals surface area (Å²) >= 11 is 0. The van der Waals surface area contributed by atoms with Crippen molar-refractivity contribution in [2.75, 3.05) is 6.61 Å². The third-order valence-corrected chi connectivity index (χ3v) is 6.52. The predicted molar refractivity (Wildman–Crippen MR) is 123 cm³/mol. The topological polar surface area (TPSA) is 103 Å². The molecule has 0 aliphatic heterocycles. The van der Waals surface area contributed by atoms with Gasteiger partial charge in [-0.25, -0.2) is 4.79 Å². The van der Waals surface area contributed by atoms with Crippen molar-refractivity contribution in [1.29, 1.82) is 0 Å². The molecule has 3 aromatic carbocycles. The van der Waals surface area contributed by atoms with Gasteiger partial charge >= 0.3 is 16.1 Å². The number of carbonyl (C=O) groups is 2. The SMILES string of the molecule is Cc1ccc(C)c(S(=O)(=O)Oc2ccccc2C(=O)OCC(=O)c2c[nH]c3ccccc23)c1. The van der Waals surface area contributed by atoms with Crippen LogP contribution in [0, 0.1) is 13.8 Å². The van der Waals surface area contributed by atoms with Gasteiger partial charge in [-0.3, -0.25) is 4.79 Å². The monoisotopic (exact) mass is 463 g/mol. The summed E-state index contributed by atoms with van der Waals surface area (Å²) in [5, 5.41) is 0.724. The molecule has 1 N–H and O–H groups in total. The number of hydrogen-bond acceptors (Lipinski definition) is 6. The highest BCUT2D eigenvalue weighted by Gasteiger charge is 2.24. The van der Waals surface area contributed by atoms with Crippen LogP contribution in [0.3, 0.4) is 0 Å². The van der Waals surface area contributed by atoms with Gasteiger partial charge in [0.05, 0.1) is 0 Å². The van der Waals surface area contributed by atoms with Gasteiger partial charge in [0.15, 0.2) is 12.4 Å². The van der Waals surface area contributed by atoms with E-state index >= 15 is 0 Å². The number of ketones is 1. The van der Waals surface area contributed by atoms with Crippen molar-refractivity contribution in [3.8, 4) is 5.75 Å². The van der Waals surface area contributed by atoms with Crippen LogP contribution in [0.25, 0.3) is 10.9 Å². The van der Waals surface area contributed by atoms with Gasteiger partial charge < -0.3 is 13.9 Å². The van der Waals surface area contributed by atoms with Crippen LogP contribution in [0.15, 0.2) is 77.8 Å². The van der Waals surface area contributed by atoms with Crippen molar-refractivity contribution in [3.05, 3.63) is 95.2 Å². The second-order valence-corrected chi connectivity index (χ2v) is 9.06. The number of aromatic amines is 1. The molecule has 0 unspecified atom stereocenters. The maximum Gasteiger partial charge on any atom is 0.342 e. The van der Waals surface area contributed by atoms with E-state index < -0.39 is 22.7 Å². The van der Waals surface area contributed by atoms with Gasteiger partial charge in [-0.05, 0) is 49.2 Å². The molecule has 7 nitrogen and oxygen atoms in total. The van der Waals surface area contributed by atoms with E-state index in [0.29, 0.717) is 11.1 Å². The number of ether oxygens (including phenoxy) is 1. The summed E-state index contributed by atoms with van der Waals surface area (Å²) in [6.45, 7) is 2.93. The van der Waals surface area contributed by atoms with E-state index in [-0.39, 0.29) is 22.0 Å². The minimum Gasteiger partial charge on any atom is -0.454 e. The first kappa shape index (κ1) is 22.3. The highest BCUT2D eigenvalue weighted by Crippen LogP contribution is 2.26. The molecular formula is C25H21NO6S. The Kier molecular flexibility index (Phi) is 6.02. The number of hydrogen-bond donors (Lipinski definition) is 1. The summed E-state index contributed by atoms with van der Waals surface area (Å²) in [5.41, 5.74) is 2.37. The molecule has 0 aliphatic rings. The first-order valence-corrected chi connectivity index (χ1v) is 11.5. The van der Waals surface area contributed by atoms with Gasteiger partial charge in [0.25, 0.3) is 0 Å². The van der Waals surface area contributed by atoms with E-state index in [1.807, 2.05) is 18.2 Å². The van der Waals surface area contributed by atoms with E-state index in [1.165, 1.54) is 18.2 Å². The van der Waals surface area contributed by atoms with Gasteiger partial charge in [-0.1, -0.05) is 42.5 Å². The Bertz CT molecular complexity index is 1470. The van der Waals surface area contributed by atoms with Crippen LogP contribution < -0.4 is 4.18 Å². The van der Waals surface area contributed by atoms with E-state index in [2.05, 4.69) is 4.98 Å². The third-order valence-electron chi connectivity index (χ3n) is 5.14. The zero-order chi connectivity index (χ0) is 23.6. The summed E-state index contributed by atoms with van der Waals surface area (Å²) in [7, 11) is -4.19. The van der Waals surface area contributed by atoms with Crippen molar-refractivity contribution in [2.24, 2.45) is 0 Å². The number of aromatic nitrogens is 1. The second kappa shape index (κ2) is 8.91. The third kappa shape index (κ3) is 4.65. The zero-order valence-electron chi connectivity index (χ0n) is 18.0. The normalized spacial score (nSPS) is 11.3. The molecule has 0 amide bonds. The summed E-state index contributed by atoms with van der Waals surface area (Å²) in [6, 6.07) is 18.1. The molecule has 4 rings (SSSR count). The number of esters is 1. The molecule has 0 atom stereocenters. The van der Waals surface area contributed by atoms with E-state index in [9.17, 15) is 18.0 Å². The van der Waals surface area contributed by atoms with Crippen LogP contribution in [0.5, 0.6) is 5.75 Å². The number of aryl methyl sites for hydroxylation is 2. The van der Waals surface area contributed by atoms with Crippen LogP contribution in [-0.4, -0.2) is 31.8 Å². The van der Waals surface area contributed by atoms with E-state index in [4.69, 9.17) is 8.92 Å². The van der Waals surface area contributed by atoms with E-state index in [1.54, 1.807) is 50.4 Å². The molecule has 0 radical (unpaired) electrons. The summed E-state index contributed by atoms with van der Waals surface area (Å²) < 4.78 is 36.2.